The number of hydrogen-bond donors (Lipinski definition) is 1. The molecule has 8 heteroatoms. The molecule has 0 aromatic heterocycles. The second-order valence-corrected chi connectivity index (χ2v) is 7.95. The van der Waals surface area contributed by atoms with E-state index in [1.807, 2.05) is 0 Å². The van der Waals surface area contributed by atoms with Crippen LogP contribution in [0.1, 0.15) is 23.2 Å². The van der Waals surface area contributed by atoms with E-state index >= 15 is 0 Å². The van der Waals surface area contributed by atoms with Gasteiger partial charge in [0.2, 0.25) is 10.0 Å². The molecule has 0 unspecified atom stereocenters. The fraction of sp³-hybridized carbons (Fsp3) is 0.278. The third-order valence-corrected chi connectivity index (χ3v) is 6.22. The summed E-state index contributed by atoms with van der Waals surface area (Å²) in [6.45, 7) is 0.783. The van der Waals surface area contributed by atoms with Crippen molar-refractivity contribution in [3.05, 3.63) is 47.8 Å². The second-order valence-electron chi connectivity index (χ2n) is 6.01. The Kier molecular flexibility index (Phi) is 4.97. The number of methoxy groups -OCH3 is 1. The zero-order valence-corrected chi connectivity index (χ0v) is 14.9. The van der Waals surface area contributed by atoms with Crippen molar-refractivity contribution < 1.29 is 27.4 Å². The molecule has 3 rings (SSSR count). The molecule has 0 atom stereocenters. The van der Waals surface area contributed by atoms with Gasteiger partial charge in [0.05, 0.1) is 17.6 Å². The van der Waals surface area contributed by atoms with Crippen molar-refractivity contribution in [3.63, 3.8) is 0 Å². The third-order valence-electron chi connectivity index (χ3n) is 4.34. The van der Waals surface area contributed by atoms with E-state index < -0.39 is 21.8 Å². The molecule has 1 aliphatic heterocycles. The summed E-state index contributed by atoms with van der Waals surface area (Å²) in [6, 6.07) is 7.69. The average Bonchev–Trinajstić information content (AvgIpc) is 3.17. The van der Waals surface area contributed by atoms with Crippen LogP contribution in [0.4, 0.5) is 4.39 Å². The first-order valence-corrected chi connectivity index (χ1v) is 9.49. The van der Waals surface area contributed by atoms with Gasteiger partial charge in [-0.2, -0.15) is 4.31 Å². The molecular weight excluding hydrogens is 361 g/mol. The van der Waals surface area contributed by atoms with Gasteiger partial charge in [0.25, 0.3) is 0 Å². The van der Waals surface area contributed by atoms with Crippen LogP contribution in [0.2, 0.25) is 0 Å². The lowest BCUT2D eigenvalue weighted by Crippen LogP contribution is -2.28. The number of benzene rings is 2. The molecular formula is C18H18FNO5S. The number of carboxylic acid groups (broad SMARTS) is 1. The van der Waals surface area contributed by atoms with Crippen molar-refractivity contribution in [2.45, 2.75) is 17.7 Å². The van der Waals surface area contributed by atoms with Crippen LogP contribution in [0.15, 0.2) is 41.3 Å². The minimum Gasteiger partial charge on any atom is -0.497 e. The number of hydrogen-bond acceptors (Lipinski definition) is 4. The molecule has 2 aromatic carbocycles. The lowest BCUT2D eigenvalue weighted by Gasteiger charge is -2.17. The fourth-order valence-corrected chi connectivity index (χ4v) is 4.55. The van der Waals surface area contributed by atoms with Gasteiger partial charge in [0, 0.05) is 18.7 Å². The number of aromatic carboxylic acids is 1. The highest BCUT2D eigenvalue weighted by atomic mass is 32.2. The summed E-state index contributed by atoms with van der Waals surface area (Å²) >= 11 is 0. The molecule has 0 bridgehead atoms. The Labute approximate surface area is 150 Å². The molecule has 6 nitrogen and oxygen atoms in total. The standard InChI is InChI=1S/C18H18FNO5S/c1-25-14-4-5-17(19)16(11-14)12-8-13(18(21)22)10-15(9-12)26(23,24)20-6-2-3-7-20/h4-5,8-11H,2-3,6-7H2,1H3,(H,21,22). The minimum absolute atomic E-state index is 0.0744. The largest absolute Gasteiger partial charge is 0.497 e. The van der Waals surface area contributed by atoms with Gasteiger partial charge in [0.1, 0.15) is 11.6 Å². The Morgan fingerprint density at radius 2 is 1.85 bits per heavy atom. The predicted octanol–water partition coefficient (Wildman–Crippen LogP) is 2.98. The van der Waals surface area contributed by atoms with Crippen LogP contribution in [-0.2, 0) is 10.0 Å². The maximum atomic E-state index is 14.3. The molecule has 0 saturated carbocycles. The molecule has 0 amide bonds. The Morgan fingerprint density at radius 3 is 2.46 bits per heavy atom. The van der Waals surface area contributed by atoms with E-state index in [-0.39, 0.29) is 21.6 Å². The Balaban J connectivity index is 2.18. The van der Waals surface area contributed by atoms with Crippen molar-refractivity contribution in [1.29, 1.82) is 0 Å². The number of nitrogens with zero attached hydrogens (tertiary/aromatic N) is 1. The van der Waals surface area contributed by atoms with Gasteiger partial charge in [-0.15, -0.1) is 0 Å². The van der Waals surface area contributed by atoms with E-state index in [2.05, 4.69) is 0 Å². The van der Waals surface area contributed by atoms with Crippen LogP contribution < -0.4 is 4.74 Å². The summed E-state index contributed by atoms with van der Waals surface area (Å²) in [5.41, 5.74) is 0.0203. The molecule has 2 aromatic rings. The number of carboxylic acids is 1. The SMILES string of the molecule is COc1ccc(F)c(-c2cc(C(=O)O)cc(S(=O)(=O)N3CCCC3)c2)c1. The summed E-state index contributed by atoms with van der Waals surface area (Å²) in [6.07, 6.45) is 1.52. The van der Waals surface area contributed by atoms with Crippen LogP contribution in [0.5, 0.6) is 5.75 Å². The van der Waals surface area contributed by atoms with E-state index in [9.17, 15) is 22.7 Å². The van der Waals surface area contributed by atoms with Crippen molar-refractivity contribution in [3.8, 4) is 16.9 Å². The summed E-state index contributed by atoms with van der Waals surface area (Å²) < 4.78 is 46.3. The Hall–Kier alpha value is -2.45. The molecule has 1 N–H and O–H groups in total. The van der Waals surface area contributed by atoms with E-state index in [0.717, 1.165) is 18.9 Å². The fourth-order valence-electron chi connectivity index (χ4n) is 2.96. The van der Waals surface area contributed by atoms with E-state index in [0.29, 0.717) is 18.8 Å². The number of halogens is 1. The van der Waals surface area contributed by atoms with Crippen LogP contribution in [0, 0.1) is 5.82 Å². The van der Waals surface area contributed by atoms with Crippen molar-refractivity contribution in [2.24, 2.45) is 0 Å². The first kappa shape index (κ1) is 18.3. The third kappa shape index (κ3) is 3.42. The Bertz CT molecular complexity index is 952. The lowest BCUT2D eigenvalue weighted by atomic mass is 10.0. The normalized spacial score (nSPS) is 15.2. The van der Waals surface area contributed by atoms with Crippen molar-refractivity contribution in [1.82, 2.24) is 4.31 Å². The average molecular weight is 379 g/mol. The highest BCUT2D eigenvalue weighted by molar-refractivity contribution is 7.89. The van der Waals surface area contributed by atoms with E-state index in [1.54, 1.807) is 0 Å². The quantitative estimate of drug-likeness (QED) is 0.863. The van der Waals surface area contributed by atoms with Gasteiger partial charge in [-0.3, -0.25) is 0 Å². The highest BCUT2D eigenvalue weighted by Crippen LogP contribution is 2.31. The van der Waals surface area contributed by atoms with Crippen LogP contribution in [0.3, 0.4) is 0 Å². The smallest absolute Gasteiger partial charge is 0.335 e. The number of sulfonamides is 1. The van der Waals surface area contributed by atoms with E-state index in [4.69, 9.17) is 4.74 Å². The van der Waals surface area contributed by atoms with Gasteiger partial charge in [-0.25, -0.2) is 17.6 Å². The van der Waals surface area contributed by atoms with Crippen LogP contribution in [-0.4, -0.2) is 44.0 Å². The monoisotopic (exact) mass is 379 g/mol. The second kappa shape index (κ2) is 7.05. The number of rotatable bonds is 5. The first-order valence-electron chi connectivity index (χ1n) is 8.05. The summed E-state index contributed by atoms with van der Waals surface area (Å²) in [5, 5.41) is 9.35. The zero-order valence-electron chi connectivity index (χ0n) is 14.1. The molecule has 1 fully saturated rings. The van der Waals surface area contributed by atoms with Gasteiger partial charge in [0.15, 0.2) is 0 Å². The van der Waals surface area contributed by atoms with Crippen LogP contribution >= 0.6 is 0 Å². The van der Waals surface area contributed by atoms with Gasteiger partial charge < -0.3 is 9.84 Å². The topological polar surface area (TPSA) is 83.9 Å². The molecule has 1 saturated heterocycles. The Morgan fingerprint density at radius 1 is 1.15 bits per heavy atom. The first-order chi connectivity index (χ1) is 12.3. The minimum atomic E-state index is -3.84. The summed E-state index contributed by atoms with van der Waals surface area (Å²) in [4.78, 5) is 11.3. The van der Waals surface area contributed by atoms with E-state index in [1.165, 1.54) is 41.7 Å². The molecule has 0 aliphatic carbocycles. The van der Waals surface area contributed by atoms with Crippen LogP contribution in [0.25, 0.3) is 11.1 Å². The molecule has 0 radical (unpaired) electrons. The van der Waals surface area contributed by atoms with Gasteiger partial charge in [-0.05, 0) is 54.8 Å². The molecule has 26 heavy (non-hydrogen) atoms. The number of ether oxygens (including phenoxy) is 1. The van der Waals surface area contributed by atoms with Gasteiger partial charge in [-0.1, -0.05) is 0 Å². The molecule has 1 heterocycles. The highest BCUT2D eigenvalue weighted by Gasteiger charge is 2.28. The zero-order chi connectivity index (χ0) is 18.9. The molecule has 0 spiro atoms. The van der Waals surface area contributed by atoms with Gasteiger partial charge >= 0.3 is 5.97 Å². The lowest BCUT2D eigenvalue weighted by molar-refractivity contribution is 0.0696. The molecule has 138 valence electrons. The number of carbonyl (C=O) groups is 1. The predicted molar refractivity (Wildman–Crippen MR) is 93.3 cm³/mol. The maximum absolute atomic E-state index is 14.3. The maximum Gasteiger partial charge on any atom is 0.335 e. The summed E-state index contributed by atoms with van der Waals surface area (Å²) in [7, 11) is -2.41. The van der Waals surface area contributed by atoms with Crippen molar-refractivity contribution in [2.75, 3.05) is 20.2 Å². The summed E-state index contributed by atoms with van der Waals surface area (Å²) in [5.74, 6) is -1.50. The molecule has 1 aliphatic rings. The van der Waals surface area contributed by atoms with Crippen molar-refractivity contribution >= 4 is 16.0 Å².